The second-order valence-corrected chi connectivity index (χ2v) is 12.2. The van der Waals surface area contributed by atoms with E-state index >= 15 is 0 Å². The maximum absolute atomic E-state index is 13.7. The van der Waals surface area contributed by atoms with E-state index in [1.807, 2.05) is 0 Å². The number of hydrogen-bond acceptors (Lipinski definition) is 10. The lowest BCUT2D eigenvalue weighted by molar-refractivity contribution is -0.123. The third kappa shape index (κ3) is 5.98. The molecule has 4 heterocycles. The third-order valence-electron chi connectivity index (χ3n) is 7.35. The summed E-state index contributed by atoms with van der Waals surface area (Å²) >= 11 is 0. The van der Waals surface area contributed by atoms with Gasteiger partial charge in [-0.2, -0.15) is 4.31 Å². The van der Waals surface area contributed by atoms with Crippen LogP contribution in [0.5, 0.6) is 23.0 Å². The zero-order valence-electron chi connectivity index (χ0n) is 24.4. The first-order chi connectivity index (χ1) is 20.9. The average Bonchev–Trinajstić information content (AvgIpc) is 3.41. The predicted octanol–water partition coefficient (Wildman–Crippen LogP) is -0.640. The standard InChI is InChI=1S/C28H31N5O10S/c1-31-14-24(27(36)32(2)28(31)37)44(38,39)33-12-21-23(13-33)43-18-6-5-16(22(10-18)41-4)11-29-25(34)15-42-20-8-17(26(35)30-21)7-19(9-20)40-3/h5-10,14,21,23H,11-13,15H2,1-4H3,(H,29,34)(H,30,35)/t21-,23-/m0/s1. The summed E-state index contributed by atoms with van der Waals surface area (Å²) in [5, 5.41) is 5.58. The summed E-state index contributed by atoms with van der Waals surface area (Å²) in [5.74, 6) is 0.212. The fraction of sp³-hybridized carbons (Fsp3) is 0.357. The van der Waals surface area contributed by atoms with Crippen LogP contribution in [-0.2, 0) is 35.5 Å². The molecular weight excluding hydrogens is 598 g/mol. The molecule has 3 aromatic rings. The Bertz CT molecular complexity index is 1850. The number of aromatic nitrogens is 2. The largest absolute Gasteiger partial charge is 0.497 e. The highest BCUT2D eigenvalue weighted by atomic mass is 32.2. The van der Waals surface area contributed by atoms with Gasteiger partial charge in [0.1, 0.15) is 29.1 Å². The van der Waals surface area contributed by atoms with Crippen LogP contribution in [0.15, 0.2) is 57.1 Å². The Morgan fingerprint density at radius 2 is 1.73 bits per heavy atom. The molecule has 0 saturated carbocycles. The smallest absolute Gasteiger partial charge is 0.330 e. The van der Waals surface area contributed by atoms with Crippen molar-refractivity contribution < 1.29 is 37.0 Å². The molecule has 1 fully saturated rings. The molecule has 2 amide bonds. The summed E-state index contributed by atoms with van der Waals surface area (Å²) in [5.41, 5.74) is -0.885. The van der Waals surface area contributed by atoms with Crippen molar-refractivity contribution in [1.82, 2.24) is 24.1 Å². The minimum absolute atomic E-state index is 0.127. The molecule has 3 aliphatic heterocycles. The summed E-state index contributed by atoms with van der Waals surface area (Å²) < 4.78 is 52.8. The molecule has 4 bridgehead atoms. The molecule has 15 nitrogen and oxygen atoms in total. The quantitative estimate of drug-likeness (QED) is 0.378. The number of amides is 2. The number of benzene rings is 2. The zero-order chi connectivity index (χ0) is 31.8. The van der Waals surface area contributed by atoms with Gasteiger partial charge in [-0.05, 0) is 24.3 Å². The Hall–Kier alpha value is -4.83. The van der Waals surface area contributed by atoms with Crippen LogP contribution in [0, 0.1) is 0 Å². The van der Waals surface area contributed by atoms with Crippen LogP contribution >= 0.6 is 0 Å². The number of fused-ring (bicyclic) bond motifs is 7. The van der Waals surface area contributed by atoms with Crippen molar-refractivity contribution in [2.24, 2.45) is 14.1 Å². The van der Waals surface area contributed by atoms with Crippen molar-refractivity contribution in [2.45, 2.75) is 23.6 Å². The van der Waals surface area contributed by atoms with Crippen LogP contribution in [0.4, 0.5) is 0 Å². The zero-order valence-corrected chi connectivity index (χ0v) is 25.2. The van der Waals surface area contributed by atoms with Gasteiger partial charge in [-0.3, -0.25) is 19.0 Å². The molecule has 234 valence electrons. The van der Waals surface area contributed by atoms with Gasteiger partial charge in [-0.1, -0.05) is 0 Å². The van der Waals surface area contributed by atoms with Gasteiger partial charge in [0.25, 0.3) is 17.4 Å². The normalized spacial score (nSPS) is 19.2. The van der Waals surface area contributed by atoms with Gasteiger partial charge in [0.2, 0.25) is 10.0 Å². The Morgan fingerprint density at radius 1 is 0.955 bits per heavy atom. The SMILES string of the molecule is COc1cc2cc(c1)C(=O)N[C@H]1CN(S(=O)(=O)c3cn(C)c(=O)n(C)c3=O)C[C@@H]1Oc1ccc(c(OC)c1)CNC(=O)CO2. The van der Waals surface area contributed by atoms with Crippen molar-refractivity contribution in [1.29, 1.82) is 0 Å². The Balaban J connectivity index is 1.55. The van der Waals surface area contributed by atoms with E-state index in [0.717, 1.165) is 15.1 Å². The van der Waals surface area contributed by atoms with Crippen molar-refractivity contribution in [3.8, 4) is 23.0 Å². The molecule has 2 aromatic carbocycles. The Kier molecular flexibility index (Phi) is 8.38. The topological polar surface area (TPSA) is 176 Å². The van der Waals surface area contributed by atoms with E-state index in [4.69, 9.17) is 18.9 Å². The van der Waals surface area contributed by atoms with Crippen LogP contribution in [0.1, 0.15) is 15.9 Å². The summed E-state index contributed by atoms with van der Waals surface area (Å²) in [6.07, 6.45) is 0.0729. The molecule has 1 saturated heterocycles. The first-order valence-corrected chi connectivity index (χ1v) is 14.8. The summed E-state index contributed by atoms with van der Waals surface area (Å²) in [4.78, 5) is 50.4. The van der Waals surface area contributed by atoms with E-state index in [9.17, 15) is 27.6 Å². The number of ether oxygens (including phenoxy) is 4. The number of carbonyl (C=O) groups is 2. The van der Waals surface area contributed by atoms with Crippen LogP contribution in [0.25, 0.3) is 0 Å². The molecule has 0 unspecified atom stereocenters. The lowest BCUT2D eigenvalue weighted by Gasteiger charge is -2.22. The van der Waals surface area contributed by atoms with E-state index in [2.05, 4.69) is 10.6 Å². The Morgan fingerprint density at radius 3 is 2.45 bits per heavy atom. The van der Waals surface area contributed by atoms with E-state index < -0.39 is 50.1 Å². The molecule has 2 atom stereocenters. The maximum atomic E-state index is 13.7. The summed E-state index contributed by atoms with van der Waals surface area (Å²) in [6.45, 7) is -0.682. The highest BCUT2D eigenvalue weighted by molar-refractivity contribution is 7.89. The first kappa shape index (κ1) is 30.6. The average molecular weight is 630 g/mol. The number of hydrogen-bond donors (Lipinski definition) is 2. The molecule has 0 radical (unpaired) electrons. The molecule has 0 spiro atoms. The maximum Gasteiger partial charge on any atom is 0.330 e. The fourth-order valence-electron chi connectivity index (χ4n) is 4.95. The van der Waals surface area contributed by atoms with Gasteiger partial charge in [0.15, 0.2) is 11.5 Å². The van der Waals surface area contributed by atoms with E-state index in [1.165, 1.54) is 46.5 Å². The fourth-order valence-corrected chi connectivity index (χ4v) is 6.58. The van der Waals surface area contributed by atoms with Crippen LogP contribution in [0.3, 0.4) is 0 Å². The third-order valence-corrected chi connectivity index (χ3v) is 9.17. The number of nitrogens with one attached hydrogen (secondary N) is 2. The molecule has 3 aliphatic rings. The van der Waals surface area contributed by atoms with Crippen LogP contribution < -0.4 is 40.8 Å². The highest BCUT2D eigenvalue weighted by Gasteiger charge is 2.43. The van der Waals surface area contributed by atoms with Gasteiger partial charge in [-0.15, -0.1) is 0 Å². The van der Waals surface area contributed by atoms with E-state index in [0.29, 0.717) is 27.4 Å². The van der Waals surface area contributed by atoms with E-state index in [-0.39, 0.29) is 37.6 Å². The molecule has 0 aliphatic carbocycles. The summed E-state index contributed by atoms with van der Waals surface area (Å²) in [6, 6.07) is 8.43. The van der Waals surface area contributed by atoms with Gasteiger partial charge in [0.05, 0.1) is 26.8 Å². The van der Waals surface area contributed by atoms with Crippen molar-refractivity contribution >= 4 is 21.8 Å². The number of aryl methyl sites for hydroxylation is 1. The van der Waals surface area contributed by atoms with Crippen molar-refractivity contribution in [3.05, 3.63) is 74.6 Å². The van der Waals surface area contributed by atoms with Gasteiger partial charge in [0, 0.05) is 56.6 Å². The molecule has 2 N–H and O–H groups in total. The lowest BCUT2D eigenvalue weighted by Crippen LogP contribution is -2.45. The van der Waals surface area contributed by atoms with Crippen molar-refractivity contribution in [2.75, 3.05) is 33.9 Å². The number of nitrogens with zero attached hydrogens (tertiary/aromatic N) is 3. The monoisotopic (exact) mass is 629 g/mol. The van der Waals surface area contributed by atoms with Crippen molar-refractivity contribution in [3.63, 3.8) is 0 Å². The minimum atomic E-state index is -4.43. The highest BCUT2D eigenvalue weighted by Crippen LogP contribution is 2.29. The summed E-state index contributed by atoms with van der Waals surface area (Å²) in [7, 11) is 0.966. The van der Waals surface area contributed by atoms with Gasteiger partial charge < -0.3 is 34.1 Å². The molecule has 6 rings (SSSR count). The lowest BCUT2D eigenvalue weighted by atomic mass is 10.1. The van der Waals surface area contributed by atoms with E-state index in [1.54, 1.807) is 18.2 Å². The molecule has 44 heavy (non-hydrogen) atoms. The second kappa shape index (κ2) is 12.0. The molecular formula is C28H31N5O10S. The minimum Gasteiger partial charge on any atom is -0.497 e. The molecule has 1 aromatic heterocycles. The predicted molar refractivity (Wildman–Crippen MR) is 155 cm³/mol. The molecule has 16 heteroatoms. The van der Waals surface area contributed by atoms with Crippen LogP contribution in [-0.4, -0.2) is 79.7 Å². The number of carbonyl (C=O) groups excluding carboxylic acids is 2. The van der Waals surface area contributed by atoms with Crippen LogP contribution in [0.2, 0.25) is 0 Å². The van der Waals surface area contributed by atoms with Gasteiger partial charge >= 0.3 is 5.69 Å². The van der Waals surface area contributed by atoms with Gasteiger partial charge in [-0.25, -0.2) is 13.2 Å². The number of methoxy groups -OCH3 is 2. The number of rotatable bonds is 4. The second-order valence-electron chi connectivity index (χ2n) is 10.2. The Labute approximate surface area is 251 Å². The first-order valence-electron chi connectivity index (χ1n) is 13.4. The number of sulfonamides is 1.